The van der Waals surface area contributed by atoms with E-state index in [-0.39, 0.29) is 16.8 Å². The van der Waals surface area contributed by atoms with Crippen molar-refractivity contribution in [1.29, 1.82) is 0 Å². The Balaban J connectivity index is 1.64. The average molecular weight is 391 g/mol. The maximum absolute atomic E-state index is 12.7. The monoisotopic (exact) mass is 390 g/mol. The zero-order valence-corrected chi connectivity index (χ0v) is 16.1. The van der Waals surface area contributed by atoms with Crippen molar-refractivity contribution in [2.75, 3.05) is 26.2 Å². The molecular weight excluding hydrogens is 371 g/mol. The molecule has 0 aliphatic carbocycles. The Bertz CT molecular complexity index is 813. The molecule has 0 bridgehead atoms. The summed E-state index contributed by atoms with van der Waals surface area (Å²) in [6.07, 6.45) is 0.946. The van der Waals surface area contributed by atoms with Crippen molar-refractivity contribution in [3.05, 3.63) is 69.2 Å². The van der Waals surface area contributed by atoms with Crippen LogP contribution in [0.1, 0.15) is 33.2 Å². The molecule has 0 N–H and O–H groups in total. The third kappa shape index (κ3) is 3.87. The van der Waals surface area contributed by atoms with Gasteiger partial charge in [-0.25, -0.2) is 0 Å². The predicted octanol–water partition coefficient (Wildman–Crippen LogP) is 4.15. The molecule has 0 saturated carbocycles. The van der Waals surface area contributed by atoms with E-state index in [2.05, 4.69) is 6.92 Å². The number of nitrogens with zero attached hydrogens (tertiary/aromatic N) is 2. The van der Waals surface area contributed by atoms with E-state index in [1.807, 2.05) is 24.3 Å². The van der Waals surface area contributed by atoms with Gasteiger partial charge in [-0.1, -0.05) is 48.3 Å². The number of amides is 2. The summed E-state index contributed by atoms with van der Waals surface area (Å²) in [5.74, 6) is -0.155. The molecule has 26 heavy (non-hydrogen) atoms. The van der Waals surface area contributed by atoms with Crippen molar-refractivity contribution < 1.29 is 9.59 Å². The summed E-state index contributed by atoms with van der Waals surface area (Å²) < 4.78 is 0. The van der Waals surface area contributed by atoms with Crippen LogP contribution >= 0.6 is 23.2 Å². The summed E-state index contributed by atoms with van der Waals surface area (Å²) in [7, 11) is 0. The molecule has 1 fully saturated rings. The van der Waals surface area contributed by atoms with Crippen LogP contribution in [0, 0.1) is 0 Å². The van der Waals surface area contributed by atoms with Crippen LogP contribution < -0.4 is 0 Å². The molecule has 3 rings (SSSR count). The van der Waals surface area contributed by atoms with Gasteiger partial charge in [0, 0.05) is 31.7 Å². The van der Waals surface area contributed by atoms with Gasteiger partial charge in [0.2, 0.25) is 0 Å². The molecule has 0 unspecified atom stereocenters. The molecule has 2 aromatic rings. The fourth-order valence-electron chi connectivity index (χ4n) is 3.02. The van der Waals surface area contributed by atoms with Crippen molar-refractivity contribution in [2.24, 2.45) is 0 Å². The summed E-state index contributed by atoms with van der Waals surface area (Å²) in [6.45, 7) is 4.02. The Kier molecular flexibility index (Phi) is 5.84. The molecule has 1 saturated heterocycles. The molecule has 0 aromatic heterocycles. The van der Waals surface area contributed by atoms with Gasteiger partial charge >= 0.3 is 0 Å². The van der Waals surface area contributed by atoms with Gasteiger partial charge in [0.05, 0.1) is 15.6 Å². The standard InChI is InChI=1S/C20H20Cl2N2O2/c1-2-14-6-8-15(9-7-14)19(25)23-10-12-24(13-11-23)20(26)16-4-3-5-17(21)18(16)22/h3-9H,2,10-13H2,1H3. The van der Waals surface area contributed by atoms with Gasteiger partial charge in [-0.05, 0) is 36.2 Å². The van der Waals surface area contributed by atoms with E-state index in [0.29, 0.717) is 42.3 Å². The van der Waals surface area contributed by atoms with Crippen molar-refractivity contribution in [1.82, 2.24) is 9.80 Å². The number of hydrogen-bond acceptors (Lipinski definition) is 2. The van der Waals surface area contributed by atoms with Crippen LogP contribution in [-0.4, -0.2) is 47.8 Å². The highest BCUT2D eigenvalue weighted by Gasteiger charge is 2.26. The molecule has 2 amide bonds. The SMILES string of the molecule is CCc1ccc(C(=O)N2CCN(C(=O)c3cccc(Cl)c3Cl)CC2)cc1. The Morgan fingerprint density at radius 2 is 1.46 bits per heavy atom. The summed E-state index contributed by atoms with van der Waals surface area (Å²) in [5.41, 5.74) is 2.28. The smallest absolute Gasteiger partial charge is 0.255 e. The van der Waals surface area contributed by atoms with Gasteiger partial charge in [0.15, 0.2) is 0 Å². The van der Waals surface area contributed by atoms with E-state index in [9.17, 15) is 9.59 Å². The molecule has 2 aromatic carbocycles. The van der Waals surface area contributed by atoms with Gasteiger partial charge in [-0.15, -0.1) is 0 Å². The van der Waals surface area contributed by atoms with Gasteiger partial charge in [0.25, 0.3) is 11.8 Å². The van der Waals surface area contributed by atoms with Crippen molar-refractivity contribution >= 4 is 35.0 Å². The molecule has 1 heterocycles. The van der Waals surface area contributed by atoms with Crippen LogP contribution in [-0.2, 0) is 6.42 Å². The first-order valence-corrected chi connectivity index (χ1v) is 9.38. The maximum atomic E-state index is 12.7. The molecule has 0 radical (unpaired) electrons. The lowest BCUT2D eigenvalue weighted by molar-refractivity contribution is 0.0535. The predicted molar refractivity (Wildman–Crippen MR) is 104 cm³/mol. The van der Waals surface area contributed by atoms with Crippen molar-refractivity contribution in [3.8, 4) is 0 Å². The first-order chi connectivity index (χ1) is 12.5. The number of piperazine rings is 1. The quantitative estimate of drug-likeness (QED) is 0.789. The van der Waals surface area contributed by atoms with Crippen LogP contribution in [0.2, 0.25) is 10.0 Å². The first kappa shape index (κ1) is 18.7. The van der Waals surface area contributed by atoms with Crippen LogP contribution in [0.5, 0.6) is 0 Å². The van der Waals surface area contributed by atoms with Crippen molar-refractivity contribution in [3.63, 3.8) is 0 Å². The van der Waals surface area contributed by atoms with E-state index in [1.54, 1.807) is 28.0 Å². The zero-order valence-electron chi connectivity index (χ0n) is 14.5. The highest BCUT2D eigenvalue weighted by atomic mass is 35.5. The Labute approximate surface area is 163 Å². The van der Waals surface area contributed by atoms with E-state index >= 15 is 0 Å². The number of carbonyl (C=O) groups excluding carboxylic acids is 2. The molecule has 6 heteroatoms. The number of aryl methyl sites for hydroxylation is 1. The Morgan fingerprint density at radius 3 is 2.04 bits per heavy atom. The van der Waals surface area contributed by atoms with Gasteiger partial charge in [-0.2, -0.15) is 0 Å². The number of carbonyl (C=O) groups is 2. The van der Waals surface area contributed by atoms with E-state index in [4.69, 9.17) is 23.2 Å². The number of halogens is 2. The number of hydrogen-bond donors (Lipinski definition) is 0. The molecule has 1 aliphatic heterocycles. The lowest BCUT2D eigenvalue weighted by atomic mass is 10.1. The normalized spacial score (nSPS) is 14.4. The van der Waals surface area contributed by atoms with Crippen LogP contribution in [0.25, 0.3) is 0 Å². The molecule has 4 nitrogen and oxygen atoms in total. The number of benzene rings is 2. The van der Waals surface area contributed by atoms with Crippen LogP contribution in [0.15, 0.2) is 42.5 Å². The number of rotatable bonds is 3. The summed E-state index contributed by atoms with van der Waals surface area (Å²) >= 11 is 12.1. The topological polar surface area (TPSA) is 40.6 Å². The van der Waals surface area contributed by atoms with E-state index < -0.39 is 0 Å². The first-order valence-electron chi connectivity index (χ1n) is 8.62. The Morgan fingerprint density at radius 1 is 0.885 bits per heavy atom. The maximum Gasteiger partial charge on any atom is 0.255 e. The fourth-order valence-corrected chi connectivity index (χ4v) is 3.40. The minimum atomic E-state index is -0.156. The average Bonchev–Trinajstić information content (AvgIpc) is 2.69. The van der Waals surface area contributed by atoms with Gasteiger partial charge in [-0.3, -0.25) is 9.59 Å². The second-order valence-corrected chi connectivity index (χ2v) is 7.02. The molecule has 1 aliphatic rings. The van der Waals surface area contributed by atoms with Crippen molar-refractivity contribution in [2.45, 2.75) is 13.3 Å². The van der Waals surface area contributed by atoms with E-state index in [0.717, 1.165) is 6.42 Å². The third-order valence-electron chi connectivity index (χ3n) is 4.65. The Hall–Kier alpha value is -2.04. The van der Waals surface area contributed by atoms with Crippen LogP contribution in [0.4, 0.5) is 0 Å². The molecule has 0 atom stereocenters. The van der Waals surface area contributed by atoms with Gasteiger partial charge < -0.3 is 9.80 Å². The zero-order chi connectivity index (χ0) is 18.7. The van der Waals surface area contributed by atoms with E-state index in [1.165, 1.54) is 5.56 Å². The van der Waals surface area contributed by atoms with Gasteiger partial charge in [0.1, 0.15) is 0 Å². The largest absolute Gasteiger partial charge is 0.335 e. The fraction of sp³-hybridized carbons (Fsp3) is 0.300. The second kappa shape index (κ2) is 8.11. The molecular formula is C20H20Cl2N2O2. The summed E-state index contributed by atoms with van der Waals surface area (Å²) in [5, 5.41) is 0.635. The molecule has 0 spiro atoms. The third-order valence-corrected chi connectivity index (χ3v) is 5.46. The van der Waals surface area contributed by atoms with Crippen LogP contribution in [0.3, 0.4) is 0 Å². The highest BCUT2D eigenvalue weighted by molar-refractivity contribution is 6.43. The summed E-state index contributed by atoms with van der Waals surface area (Å²) in [4.78, 5) is 28.8. The molecule has 136 valence electrons. The summed E-state index contributed by atoms with van der Waals surface area (Å²) in [6, 6.07) is 12.7. The highest BCUT2D eigenvalue weighted by Crippen LogP contribution is 2.27. The minimum Gasteiger partial charge on any atom is -0.335 e. The lowest BCUT2D eigenvalue weighted by Gasteiger charge is -2.35. The second-order valence-electron chi connectivity index (χ2n) is 6.24. The lowest BCUT2D eigenvalue weighted by Crippen LogP contribution is -2.50. The minimum absolute atomic E-state index is 0.000500.